The molecule has 2 fully saturated rings. The second-order valence-electron chi connectivity index (χ2n) is 9.39. The van der Waals surface area contributed by atoms with Gasteiger partial charge in [-0.3, -0.25) is 9.59 Å². The molecule has 6 nitrogen and oxygen atoms in total. The predicted molar refractivity (Wildman–Crippen MR) is 131 cm³/mol. The van der Waals surface area contributed by atoms with E-state index < -0.39 is 0 Å². The number of aromatic nitrogens is 1. The molecule has 2 aliphatic rings. The Balaban J connectivity index is 1.38. The van der Waals surface area contributed by atoms with Crippen LogP contribution in [0.2, 0.25) is 0 Å². The van der Waals surface area contributed by atoms with E-state index in [1.807, 2.05) is 40.1 Å². The quantitative estimate of drug-likeness (QED) is 0.608. The summed E-state index contributed by atoms with van der Waals surface area (Å²) in [5.74, 6) is 1.44. The summed E-state index contributed by atoms with van der Waals surface area (Å²) < 4.78 is 5.85. The third-order valence-electron chi connectivity index (χ3n) is 6.69. The summed E-state index contributed by atoms with van der Waals surface area (Å²) in [7, 11) is 0. The Morgan fingerprint density at radius 1 is 1.12 bits per heavy atom. The molecule has 0 spiro atoms. The molecule has 176 valence electrons. The van der Waals surface area contributed by atoms with Crippen LogP contribution < -0.4 is 4.74 Å². The van der Waals surface area contributed by atoms with Crippen LogP contribution >= 0.6 is 0 Å². The number of benzene rings is 1. The second-order valence-corrected chi connectivity index (χ2v) is 9.39. The van der Waals surface area contributed by atoms with Crippen LogP contribution in [-0.4, -0.2) is 59.4 Å². The molecule has 2 aromatic rings. The van der Waals surface area contributed by atoms with E-state index >= 15 is 0 Å². The van der Waals surface area contributed by atoms with Gasteiger partial charge >= 0.3 is 0 Å². The molecule has 4 rings (SSSR count). The molecule has 1 aromatic heterocycles. The van der Waals surface area contributed by atoms with Crippen LogP contribution in [0.4, 0.5) is 0 Å². The van der Waals surface area contributed by atoms with E-state index in [1.165, 1.54) is 6.42 Å². The first kappa shape index (κ1) is 23.3. The molecule has 1 aromatic carbocycles. The molecule has 0 saturated carbocycles. The maximum Gasteiger partial charge on any atom is 0.246 e. The van der Waals surface area contributed by atoms with Crippen molar-refractivity contribution in [3.8, 4) is 5.88 Å². The summed E-state index contributed by atoms with van der Waals surface area (Å²) in [6.45, 7) is 7.86. The number of ether oxygens (including phenoxy) is 1. The lowest BCUT2D eigenvalue weighted by Gasteiger charge is -2.37. The Morgan fingerprint density at radius 3 is 2.67 bits per heavy atom. The van der Waals surface area contributed by atoms with E-state index in [4.69, 9.17) is 4.74 Å². The summed E-state index contributed by atoms with van der Waals surface area (Å²) in [4.78, 5) is 34.3. The Labute approximate surface area is 196 Å². The van der Waals surface area contributed by atoms with Gasteiger partial charge < -0.3 is 14.5 Å². The fourth-order valence-corrected chi connectivity index (χ4v) is 4.81. The zero-order chi connectivity index (χ0) is 23.2. The van der Waals surface area contributed by atoms with Crippen molar-refractivity contribution in [2.45, 2.75) is 46.0 Å². The van der Waals surface area contributed by atoms with Crippen LogP contribution in [0.5, 0.6) is 5.88 Å². The van der Waals surface area contributed by atoms with Crippen molar-refractivity contribution in [2.24, 2.45) is 11.8 Å². The minimum Gasteiger partial charge on any atom is -0.477 e. The molecule has 0 radical (unpaired) electrons. The van der Waals surface area contributed by atoms with Crippen LogP contribution in [0.25, 0.3) is 17.0 Å². The van der Waals surface area contributed by atoms with Gasteiger partial charge in [0.05, 0.1) is 12.1 Å². The van der Waals surface area contributed by atoms with E-state index in [9.17, 15) is 9.59 Å². The number of nitrogens with zero attached hydrogens (tertiary/aromatic N) is 3. The maximum absolute atomic E-state index is 12.9. The number of carbonyl (C=O) groups is 2. The number of hydrogen-bond acceptors (Lipinski definition) is 4. The highest BCUT2D eigenvalue weighted by molar-refractivity contribution is 5.93. The highest BCUT2D eigenvalue weighted by Crippen LogP contribution is 2.26. The molecule has 1 unspecified atom stereocenters. The number of carbonyl (C=O) groups excluding carboxylic acids is 2. The minimum absolute atomic E-state index is 0.0258. The number of piperidine rings is 2. The summed E-state index contributed by atoms with van der Waals surface area (Å²) in [6, 6.07) is 9.92. The number of likely N-dealkylation sites (tertiary alicyclic amines) is 2. The van der Waals surface area contributed by atoms with Crippen molar-refractivity contribution >= 4 is 28.8 Å². The first-order valence-corrected chi connectivity index (χ1v) is 12.3. The summed E-state index contributed by atoms with van der Waals surface area (Å²) >= 11 is 0. The highest BCUT2D eigenvalue weighted by atomic mass is 16.5. The van der Waals surface area contributed by atoms with Gasteiger partial charge in [0.2, 0.25) is 17.7 Å². The number of hydrogen-bond donors (Lipinski definition) is 0. The zero-order valence-electron chi connectivity index (χ0n) is 19.8. The predicted octanol–water partition coefficient (Wildman–Crippen LogP) is 4.53. The first-order chi connectivity index (χ1) is 16.0. The highest BCUT2D eigenvalue weighted by Gasteiger charge is 2.31. The summed E-state index contributed by atoms with van der Waals surface area (Å²) in [5, 5.41) is 1.01. The van der Waals surface area contributed by atoms with E-state index in [1.54, 1.807) is 12.2 Å². The molecule has 1 atom stereocenters. The van der Waals surface area contributed by atoms with Crippen LogP contribution in [0, 0.1) is 11.8 Å². The van der Waals surface area contributed by atoms with Gasteiger partial charge in [-0.2, -0.15) is 0 Å². The lowest BCUT2D eigenvalue weighted by atomic mass is 9.92. The Kier molecular flexibility index (Phi) is 7.63. The summed E-state index contributed by atoms with van der Waals surface area (Å²) in [6.07, 6.45) is 8.10. The van der Waals surface area contributed by atoms with Crippen molar-refractivity contribution in [1.82, 2.24) is 14.8 Å². The van der Waals surface area contributed by atoms with E-state index in [-0.39, 0.29) is 17.7 Å². The van der Waals surface area contributed by atoms with Gasteiger partial charge in [-0.05, 0) is 56.2 Å². The number of rotatable bonds is 6. The van der Waals surface area contributed by atoms with Crippen molar-refractivity contribution in [2.75, 3.05) is 32.8 Å². The maximum atomic E-state index is 12.9. The smallest absolute Gasteiger partial charge is 0.246 e. The van der Waals surface area contributed by atoms with Gasteiger partial charge in [0.1, 0.15) is 0 Å². The lowest BCUT2D eigenvalue weighted by molar-refractivity contribution is -0.140. The van der Waals surface area contributed by atoms with Crippen LogP contribution in [-0.2, 0) is 9.59 Å². The third kappa shape index (κ3) is 5.73. The van der Waals surface area contributed by atoms with Gasteiger partial charge in [-0.25, -0.2) is 4.98 Å². The largest absolute Gasteiger partial charge is 0.477 e. The SMILES string of the molecule is CCCOc1nc2ccccc2cc1/C=C/C(=O)N1CCC(C(=O)N2CCCC(C)C2)CC1. The van der Waals surface area contributed by atoms with Gasteiger partial charge in [0, 0.05) is 49.1 Å². The van der Waals surface area contributed by atoms with Gasteiger partial charge in [-0.15, -0.1) is 0 Å². The van der Waals surface area contributed by atoms with E-state index in [0.29, 0.717) is 31.5 Å². The number of amides is 2. The van der Waals surface area contributed by atoms with E-state index in [0.717, 1.165) is 55.2 Å². The topological polar surface area (TPSA) is 62.7 Å². The number of pyridine rings is 1. The van der Waals surface area contributed by atoms with Crippen molar-refractivity contribution < 1.29 is 14.3 Å². The molecule has 3 heterocycles. The average Bonchev–Trinajstić information content (AvgIpc) is 2.85. The van der Waals surface area contributed by atoms with Crippen molar-refractivity contribution in [1.29, 1.82) is 0 Å². The molecule has 2 saturated heterocycles. The standard InChI is InChI=1S/C27H35N3O3/c1-3-17-33-26-23(18-22-8-4-5-9-24(22)28-26)10-11-25(31)29-15-12-21(13-16-29)27(32)30-14-6-7-20(2)19-30/h4-5,8-11,18,20-21H,3,6-7,12-17,19H2,1-2H3/b11-10+. The molecule has 0 bridgehead atoms. The molecular weight excluding hydrogens is 414 g/mol. The Morgan fingerprint density at radius 2 is 1.91 bits per heavy atom. The van der Waals surface area contributed by atoms with Crippen LogP contribution in [0.15, 0.2) is 36.4 Å². The van der Waals surface area contributed by atoms with Gasteiger partial charge in [-0.1, -0.05) is 32.0 Å². The Bertz CT molecular complexity index is 1010. The Hall–Kier alpha value is -2.89. The molecule has 0 N–H and O–H groups in total. The second kappa shape index (κ2) is 10.8. The fraction of sp³-hybridized carbons (Fsp3) is 0.519. The van der Waals surface area contributed by atoms with Gasteiger partial charge in [0.15, 0.2) is 0 Å². The average molecular weight is 450 g/mol. The third-order valence-corrected chi connectivity index (χ3v) is 6.69. The minimum atomic E-state index is -0.0258. The lowest BCUT2D eigenvalue weighted by Crippen LogP contribution is -2.46. The van der Waals surface area contributed by atoms with Crippen molar-refractivity contribution in [3.05, 3.63) is 42.0 Å². The number of para-hydroxylation sites is 1. The molecular formula is C27H35N3O3. The van der Waals surface area contributed by atoms with E-state index in [2.05, 4.69) is 18.8 Å². The first-order valence-electron chi connectivity index (χ1n) is 12.3. The van der Waals surface area contributed by atoms with Crippen molar-refractivity contribution in [3.63, 3.8) is 0 Å². The molecule has 2 aliphatic heterocycles. The fourth-order valence-electron chi connectivity index (χ4n) is 4.81. The summed E-state index contributed by atoms with van der Waals surface area (Å²) in [5.41, 5.74) is 1.68. The normalized spacial score (nSPS) is 19.9. The molecule has 6 heteroatoms. The zero-order valence-corrected chi connectivity index (χ0v) is 19.8. The molecule has 33 heavy (non-hydrogen) atoms. The van der Waals surface area contributed by atoms with Crippen LogP contribution in [0.3, 0.4) is 0 Å². The molecule has 2 amide bonds. The monoisotopic (exact) mass is 449 g/mol. The van der Waals surface area contributed by atoms with Gasteiger partial charge in [0.25, 0.3) is 0 Å². The molecule has 0 aliphatic carbocycles. The van der Waals surface area contributed by atoms with Crippen LogP contribution in [0.1, 0.15) is 51.5 Å². The number of fused-ring (bicyclic) bond motifs is 1.